The second-order valence-electron chi connectivity index (χ2n) is 4.72. The Labute approximate surface area is 106 Å². The Morgan fingerprint density at radius 1 is 1.50 bits per heavy atom. The van der Waals surface area contributed by atoms with Crippen LogP contribution in [0.25, 0.3) is 0 Å². The molecule has 0 aromatic heterocycles. The molecular weight excluding hydrogens is 230 g/mol. The summed E-state index contributed by atoms with van der Waals surface area (Å²) in [5, 5.41) is 11.7. The van der Waals surface area contributed by atoms with Crippen molar-refractivity contribution in [2.24, 2.45) is 5.92 Å². The van der Waals surface area contributed by atoms with E-state index in [0.29, 0.717) is 12.8 Å². The van der Waals surface area contributed by atoms with Crippen LogP contribution in [-0.2, 0) is 11.2 Å². The quantitative estimate of drug-likeness (QED) is 0.854. The molecule has 1 unspecified atom stereocenters. The number of anilines is 1. The van der Waals surface area contributed by atoms with Crippen LogP contribution in [0.5, 0.6) is 0 Å². The Bertz CT molecular complexity index is 508. The Morgan fingerprint density at radius 3 is 2.83 bits per heavy atom. The fourth-order valence-electron chi connectivity index (χ4n) is 2.52. The number of Topliss-reactive ketones (excluding diaryl/α,β-unsaturated/α-hetero) is 1. The molecule has 4 heteroatoms. The highest BCUT2D eigenvalue weighted by Crippen LogP contribution is 2.34. The molecule has 1 aliphatic carbocycles. The van der Waals surface area contributed by atoms with E-state index in [1.807, 2.05) is 6.92 Å². The van der Waals surface area contributed by atoms with Gasteiger partial charge in [-0.15, -0.1) is 0 Å². The van der Waals surface area contributed by atoms with Crippen molar-refractivity contribution >= 4 is 17.4 Å². The fraction of sp³-hybridized carbons (Fsp3) is 0.429. The van der Waals surface area contributed by atoms with Crippen molar-refractivity contribution in [3.05, 3.63) is 28.8 Å². The van der Waals surface area contributed by atoms with E-state index in [0.717, 1.165) is 22.4 Å². The van der Waals surface area contributed by atoms with Gasteiger partial charge < -0.3 is 10.4 Å². The first-order valence-corrected chi connectivity index (χ1v) is 6.09. The average Bonchev–Trinajstić information content (AvgIpc) is 2.62. The van der Waals surface area contributed by atoms with Crippen molar-refractivity contribution in [2.75, 3.05) is 11.9 Å². The van der Waals surface area contributed by atoms with Crippen molar-refractivity contribution < 1.29 is 14.7 Å². The molecule has 0 saturated carbocycles. The molecule has 0 bridgehead atoms. The maximum Gasteiger partial charge on any atom is 0.221 e. The highest BCUT2D eigenvalue weighted by Gasteiger charge is 2.31. The number of aliphatic hydroxyl groups excluding tert-OH is 1. The van der Waals surface area contributed by atoms with Crippen molar-refractivity contribution in [1.29, 1.82) is 0 Å². The van der Waals surface area contributed by atoms with Crippen molar-refractivity contribution in [1.82, 2.24) is 0 Å². The maximum atomic E-state index is 12.1. The summed E-state index contributed by atoms with van der Waals surface area (Å²) in [5.74, 6) is -0.123. The topological polar surface area (TPSA) is 66.4 Å². The van der Waals surface area contributed by atoms with E-state index < -0.39 is 0 Å². The lowest BCUT2D eigenvalue weighted by Crippen LogP contribution is -2.10. The molecule has 1 amide bonds. The summed E-state index contributed by atoms with van der Waals surface area (Å²) < 4.78 is 0. The fourth-order valence-corrected chi connectivity index (χ4v) is 2.52. The van der Waals surface area contributed by atoms with Crippen molar-refractivity contribution in [3.63, 3.8) is 0 Å². The Kier molecular flexibility index (Phi) is 3.48. The van der Waals surface area contributed by atoms with Gasteiger partial charge in [0.05, 0.1) is 0 Å². The van der Waals surface area contributed by atoms with Gasteiger partial charge in [0.15, 0.2) is 5.78 Å². The molecule has 0 heterocycles. The molecule has 2 rings (SSSR count). The summed E-state index contributed by atoms with van der Waals surface area (Å²) in [6.45, 7) is 3.41. The van der Waals surface area contributed by atoms with Crippen LogP contribution in [0, 0.1) is 12.8 Å². The molecule has 0 radical (unpaired) electrons. The normalized spacial score (nSPS) is 17.7. The number of carbonyl (C=O) groups is 2. The van der Waals surface area contributed by atoms with Gasteiger partial charge in [-0.25, -0.2) is 0 Å². The molecule has 1 atom stereocenters. The minimum Gasteiger partial charge on any atom is -0.396 e. The van der Waals surface area contributed by atoms with Gasteiger partial charge in [0.2, 0.25) is 5.91 Å². The zero-order valence-electron chi connectivity index (χ0n) is 10.6. The summed E-state index contributed by atoms with van der Waals surface area (Å²) in [5.41, 5.74) is 3.46. The third-order valence-corrected chi connectivity index (χ3v) is 3.47. The number of rotatable bonds is 3. The molecule has 0 spiro atoms. The molecule has 4 nitrogen and oxygen atoms in total. The van der Waals surface area contributed by atoms with Crippen molar-refractivity contribution in [2.45, 2.75) is 26.7 Å². The minimum absolute atomic E-state index is 0.0298. The van der Waals surface area contributed by atoms with Crippen LogP contribution in [0.3, 0.4) is 0 Å². The third kappa shape index (κ3) is 2.16. The molecule has 1 aliphatic rings. The standard InChI is InChI=1S/C14H17NO3/c1-8-12-7-10(5-6-16)14(18)11(12)3-4-13(8)15-9(2)17/h3-4,10,16H,5-7H2,1-2H3,(H,15,17). The van der Waals surface area contributed by atoms with E-state index in [1.54, 1.807) is 12.1 Å². The van der Waals surface area contributed by atoms with E-state index in [-0.39, 0.29) is 24.2 Å². The second kappa shape index (κ2) is 4.90. The Morgan fingerprint density at radius 2 is 2.22 bits per heavy atom. The van der Waals surface area contributed by atoms with Crippen LogP contribution in [-0.4, -0.2) is 23.4 Å². The molecular formula is C14H17NO3. The third-order valence-electron chi connectivity index (χ3n) is 3.47. The second-order valence-corrected chi connectivity index (χ2v) is 4.72. The smallest absolute Gasteiger partial charge is 0.221 e. The Balaban J connectivity index is 2.35. The van der Waals surface area contributed by atoms with Crippen LogP contribution in [0.1, 0.15) is 34.8 Å². The van der Waals surface area contributed by atoms with Gasteiger partial charge in [-0.1, -0.05) is 0 Å². The monoisotopic (exact) mass is 247 g/mol. The lowest BCUT2D eigenvalue weighted by atomic mass is 10.0. The van der Waals surface area contributed by atoms with E-state index in [2.05, 4.69) is 5.32 Å². The SMILES string of the molecule is CC(=O)Nc1ccc2c(c1C)CC(CCO)C2=O. The van der Waals surface area contributed by atoms with Gasteiger partial charge in [0.1, 0.15) is 0 Å². The van der Waals surface area contributed by atoms with Gasteiger partial charge in [0, 0.05) is 30.7 Å². The first kappa shape index (κ1) is 12.8. The van der Waals surface area contributed by atoms with Crippen LogP contribution >= 0.6 is 0 Å². The summed E-state index contributed by atoms with van der Waals surface area (Å²) >= 11 is 0. The lowest BCUT2D eigenvalue weighted by Gasteiger charge is -2.10. The average molecular weight is 247 g/mol. The predicted octanol–water partition coefficient (Wildman–Crippen LogP) is 1.69. The van der Waals surface area contributed by atoms with E-state index in [9.17, 15) is 9.59 Å². The molecule has 2 N–H and O–H groups in total. The molecule has 0 saturated heterocycles. The van der Waals surface area contributed by atoms with E-state index in [1.165, 1.54) is 6.92 Å². The predicted molar refractivity (Wildman–Crippen MR) is 68.7 cm³/mol. The number of nitrogens with one attached hydrogen (secondary N) is 1. The number of fused-ring (bicyclic) bond motifs is 1. The number of hydrogen-bond acceptors (Lipinski definition) is 3. The van der Waals surface area contributed by atoms with Gasteiger partial charge in [0.25, 0.3) is 0 Å². The number of hydrogen-bond donors (Lipinski definition) is 2. The zero-order chi connectivity index (χ0) is 13.3. The number of carbonyl (C=O) groups excluding carboxylic acids is 2. The van der Waals surface area contributed by atoms with Crippen LogP contribution < -0.4 is 5.32 Å². The van der Waals surface area contributed by atoms with E-state index >= 15 is 0 Å². The number of benzene rings is 1. The molecule has 96 valence electrons. The highest BCUT2D eigenvalue weighted by atomic mass is 16.3. The minimum atomic E-state index is -0.116. The number of amides is 1. The lowest BCUT2D eigenvalue weighted by molar-refractivity contribution is -0.114. The zero-order valence-corrected chi connectivity index (χ0v) is 10.6. The summed E-state index contributed by atoms with van der Waals surface area (Å²) in [6, 6.07) is 3.54. The summed E-state index contributed by atoms with van der Waals surface area (Å²) in [7, 11) is 0. The summed E-state index contributed by atoms with van der Waals surface area (Å²) in [6.07, 6.45) is 1.16. The first-order valence-electron chi connectivity index (χ1n) is 6.09. The first-order chi connectivity index (χ1) is 8.54. The molecule has 18 heavy (non-hydrogen) atoms. The van der Waals surface area contributed by atoms with Gasteiger partial charge in [-0.3, -0.25) is 9.59 Å². The van der Waals surface area contributed by atoms with Gasteiger partial charge in [-0.2, -0.15) is 0 Å². The molecule has 0 aliphatic heterocycles. The van der Waals surface area contributed by atoms with Gasteiger partial charge in [-0.05, 0) is 43.0 Å². The molecule has 1 aromatic carbocycles. The van der Waals surface area contributed by atoms with Crippen LogP contribution in [0.15, 0.2) is 12.1 Å². The summed E-state index contributed by atoms with van der Waals surface area (Å²) in [4.78, 5) is 23.2. The number of ketones is 1. The van der Waals surface area contributed by atoms with Crippen LogP contribution in [0.2, 0.25) is 0 Å². The Hall–Kier alpha value is -1.68. The molecule has 0 fully saturated rings. The van der Waals surface area contributed by atoms with Gasteiger partial charge >= 0.3 is 0 Å². The highest BCUT2D eigenvalue weighted by molar-refractivity contribution is 6.03. The molecule has 1 aromatic rings. The van der Waals surface area contributed by atoms with Crippen molar-refractivity contribution in [3.8, 4) is 0 Å². The number of aliphatic hydroxyl groups is 1. The largest absolute Gasteiger partial charge is 0.396 e. The van der Waals surface area contributed by atoms with E-state index in [4.69, 9.17) is 5.11 Å². The van der Waals surface area contributed by atoms with Crippen LogP contribution in [0.4, 0.5) is 5.69 Å². The maximum absolute atomic E-state index is 12.1.